The monoisotopic (exact) mass is 496 g/mol. The summed E-state index contributed by atoms with van der Waals surface area (Å²) in [4.78, 5) is 13.3. The van der Waals surface area contributed by atoms with Gasteiger partial charge in [0.15, 0.2) is 0 Å². The van der Waals surface area contributed by atoms with E-state index in [2.05, 4.69) is 24.1 Å². The van der Waals surface area contributed by atoms with Crippen molar-refractivity contribution < 1.29 is 19.0 Å². The van der Waals surface area contributed by atoms with Crippen LogP contribution in [0.2, 0.25) is 0 Å². The molecule has 0 aromatic heterocycles. The molecule has 0 fully saturated rings. The van der Waals surface area contributed by atoms with Crippen LogP contribution in [0.25, 0.3) is 0 Å². The van der Waals surface area contributed by atoms with Gasteiger partial charge in [0.2, 0.25) is 0 Å². The van der Waals surface area contributed by atoms with E-state index in [9.17, 15) is 4.79 Å². The maximum absolute atomic E-state index is 13.3. The molecule has 0 heterocycles. The summed E-state index contributed by atoms with van der Waals surface area (Å²) >= 11 is 0. The number of methoxy groups -OCH3 is 1. The van der Waals surface area contributed by atoms with Gasteiger partial charge in [-0.25, -0.2) is 0 Å². The molecule has 0 saturated heterocycles. The van der Waals surface area contributed by atoms with Crippen molar-refractivity contribution in [3.05, 3.63) is 101 Å². The molecule has 0 N–H and O–H groups in total. The molecule has 4 heteroatoms. The quantitative estimate of drug-likeness (QED) is 0.209. The first kappa shape index (κ1) is 26.5. The van der Waals surface area contributed by atoms with Gasteiger partial charge in [0.25, 0.3) is 0 Å². The van der Waals surface area contributed by atoms with Crippen LogP contribution in [0.1, 0.15) is 72.9 Å². The Morgan fingerprint density at radius 3 is 2.46 bits per heavy atom. The Balaban J connectivity index is 1.50. The summed E-state index contributed by atoms with van der Waals surface area (Å²) in [5.41, 5.74) is 4.97. The second-order valence-corrected chi connectivity index (χ2v) is 10.2. The molecule has 192 valence electrons. The molecule has 3 aromatic rings. The molecule has 37 heavy (non-hydrogen) atoms. The highest BCUT2D eigenvalue weighted by molar-refractivity contribution is 5.77. The minimum atomic E-state index is -0.738. The molecule has 0 saturated carbocycles. The molecule has 2 unspecified atom stereocenters. The minimum Gasteiger partial charge on any atom is -0.497 e. The Hall–Kier alpha value is -3.55. The van der Waals surface area contributed by atoms with Gasteiger partial charge in [0.05, 0.1) is 25.2 Å². The summed E-state index contributed by atoms with van der Waals surface area (Å²) in [5.74, 6) is 3.31. The molecule has 0 radical (unpaired) electrons. The summed E-state index contributed by atoms with van der Waals surface area (Å²) in [6.07, 6.45) is 8.90. The zero-order valence-corrected chi connectivity index (χ0v) is 22.0. The van der Waals surface area contributed by atoms with Crippen molar-refractivity contribution in [2.24, 2.45) is 5.41 Å². The molecular weight excluding hydrogens is 460 g/mol. The number of esters is 1. The van der Waals surface area contributed by atoms with Crippen molar-refractivity contribution >= 4 is 5.97 Å². The third kappa shape index (κ3) is 6.42. The predicted molar refractivity (Wildman–Crippen MR) is 146 cm³/mol. The van der Waals surface area contributed by atoms with Crippen molar-refractivity contribution in [3.8, 4) is 18.1 Å². The maximum Gasteiger partial charge on any atom is 0.312 e. The van der Waals surface area contributed by atoms with Gasteiger partial charge in [-0.05, 0) is 73.1 Å². The number of carbonyl (C=O) groups excluding carboxylic acids is 1. The number of terminal acetylenes is 1. The lowest BCUT2D eigenvalue weighted by atomic mass is 9.72. The molecule has 3 aromatic carbocycles. The number of carbonyl (C=O) groups is 1. The number of ether oxygens (including phenoxy) is 3. The summed E-state index contributed by atoms with van der Waals surface area (Å²) in [6.45, 7) is 4.73. The lowest BCUT2D eigenvalue weighted by Crippen LogP contribution is -2.33. The van der Waals surface area contributed by atoms with Crippen molar-refractivity contribution in [2.45, 2.75) is 64.8 Å². The van der Waals surface area contributed by atoms with Gasteiger partial charge in [-0.1, -0.05) is 60.7 Å². The number of rotatable bonds is 11. The lowest BCUT2D eigenvalue weighted by Gasteiger charge is -2.33. The smallest absolute Gasteiger partial charge is 0.312 e. The fraction of sp³-hybridized carbons (Fsp3) is 0.364. The van der Waals surface area contributed by atoms with E-state index in [0.717, 1.165) is 35.3 Å². The molecule has 0 amide bonds. The second kappa shape index (κ2) is 12.1. The van der Waals surface area contributed by atoms with E-state index >= 15 is 0 Å². The van der Waals surface area contributed by atoms with E-state index in [1.54, 1.807) is 7.11 Å². The number of fused-ring (bicyclic) bond motifs is 1. The SMILES string of the molecule is C#CCCC(c1ccc2c(c1)C(OCc1ccc(OC)cc1)CC2)C(C)(C)C(=O)OCc1ccccc1. The van der Waals surface area contributed by atoms with Crippen LogP contribution in [0, 0.1) is 17.8 Å². The molecule has 4 rings (SSSR count). The normalized spacial score (nSPS) is 15.5. The van der Waals surface area contributed by atoms with Crippen LogP contribution in [0.5, 0.6) is 5.75 Å². The van der Waals surface area contributed by atoms with E-state index < -0.39 is 5.41 Å². The molecule has 2 atom stereocenters. The summed E-state index contributed by atoms with van der Waals surface area (Å²) in [5, 5.41) is 0. The standard InChI is InChI=1S/C33H36O4/c1-5-6-12-30(33(2,3)32(34)37-23-24-10-8-7-9-11-24)27-16-15-26-17-20-31(29(26)21-27)36-22-25-13-18-28(35-4)19-14-25/h1,7-11,13-16,18-19,21,30-31H,6,12,17,20,22-23H2,2-4H3. The van der Waals surface area contributed by atoms with E-state index in [1.807, 2.05) is 68.4 Å². The topological polar surface area (TPSA) is 44.8 Å². The number of aryl methyl sites for hydroxylation is 1. The molecular formula is C33H36O4. The lowest BCUT2D eigenvalue weighted by molar-refractivity contribution is -0.156. The zero-order valence-electron chi connectivity index (χ0n) is 22.0. The van der Waals surface area contributed by atoms with Crippen LogP contribution in [-0.4, -0.2) is 13.1 Å². The van der Waals surface area contributed by atoms with Crippen molar-refractivity contribution in [1.82, 2.24) is 0 Å². The highest BCUT2D eigenvalue weighted by Gasteiger charge is 2.39. The van der Waals surface area contributed by atoms with Gasteiger partial charge < -0.3 is 14.2 Å². The van der Waals surface area contributed by atoms with Gasteiger partial charge in [0.1, 0.15) is 12.4 Å². The van der Waals surface area contributed by atoms with E-state index in [0.29, 0.717) is 19.4 Å². The average molecular weight is 497 g/mol. The highest BCUT2D eigenvalue weighted by atomic mass is 16.5. The van der Waals surface area contributed by atoms with Crippen LogP contribution in [0.3, 0.4) is 0 Å². The van der Waals surface area contributed by atoms with Crippen LogP contribution in [-0.2, 0) is 33.9 Å². The van der Waals surface area contributed by atoms with Gasteiger partial charge in [0, 0.05) is 12.3 Å². The van der Waals surface area contributed by atoms with E-state index in [1.165, 1.54) is 11.1 Å². The van der Waals surface area contributed by atoms with Gasteiger partial charge in [-0.15, -0.1) is 12.3 Å². The Morgan fingerprint density at radius 1 is 1.03 bits per heavy atom. The molecule has 4 nitrogen and oxygen atoms in total. The Labute approximate surface area is 221 Å². The third-order valence-corrected chi connectivity index (χ3v) is 7.39. The minimum absolute atomic E-state index is 0.0264. The molecule has 1 aliphatic rings. The Bertz CT molecular complexity index is 1220. The van der Waals surface area contributed by atoms with Crippen molar-refractivity contribution in [2.75, 3.05) is 7.11 Å². The van der Waals surface area contributed by atoms with Crippen LogP contribution in [0.15, 0.2) is 72.8 Å². The van der Waals surface area contributed by atoms with Gasteiger partial charge in [-0.3, -0.25) is 4.79 Å². The molecule has 0 bridgehead atoms. The fourth-order valence-corrected chi connectivity index (χ4v) is 5.11. The molecule has 0 aliphatic heterocycles. The molecule has 1 aliphatic carbocycles. The van der Waals surface area contributed by atoms with E-state index in [4.69, 9.17) is 20.6 Å². The van der Waals surface area contributed by atoms with Crippen molar-refractivity contribution in [1.29, 1.82) is 0 Å². The van der Waals surface area contributed by atoms with Crippen molar-refractivity contribution in [3.63, 3.8) is 0 Å². The number of hydrogen-bond donors (Lipinski definition) is 0. The first-order valence-electron chi connectivity index (χ1n) is 12.9. The third-order valence-electron chi connectivity index (χ3n) is 7.39. The van der Waals surface area contributed by atoms with Gasteiger partial charge >= 0.3 is 5.97 Å². The number of hydrogen-bond acceptors (Lipinski definition) is 4. The van der Waals surface area contributed by atoms with E-state index in [-0.39, 0.29) is 24.6 Å². The summed E-state index contributed by atoms with van der Waals surface area (Å²) in [6, 6.07) is 24.3. The predicted octanol–water partition coefficient (Wildman–Crippen LogP) is 7.17. The fourth-order valence-electron chi connectivity index (χ4n) is 5.11. The largest absolute Gasteiger partial charge is 0.497 e. The summed E-state index contributed by atoms with van der Waals surface area (Å²) in [7, 11) is 1.67. The first-order chi connectivity index (χ1) is 17.9. The summed E-state index contributed by atoms with van der Waals surface area (Å²) < 4.78 is 17.4. The second-order valence-electron chi connectivity index (χ2n) is 10.2. The highest BCUT2D eigenvalue weighted by Crippen LogP contribution is 2.43. The zero-order chi connectivity index (χ0) is 26.3. The maximum atomic E-state index is 13.3. The van der Waals surface area contributed by atoms with Crippen LogP contribution >= 0.6 is 0 Å². The van der Waals surface area contributed by atoms with Gasteiger partial charge in [-0.2, -0.15) is 0 Å². The first-order valence-corrected chi connectivity index (χ1v) is 12.9. The Morgan fingerprint density at radius 2 is 1.76 bits per heavy atom. The Kier molecular flexibility index (Phi) is 8.69. The average Bonchev–Trinajstić information content (AvgIpc) is 3.33. The van der Waals surface area contributed by atoms with Crippen LogP contribution < -0.4 is 4.74 Å². The number of benzene rings is 3. The van der Waals surface area contributed by atoms with Crippen LogP contribution in [0.4, 0.5) is 0 Å². The molecule has 0 spiro atoms.